The molecule has 0 N–H and O–H groups in total. The van der Waals surface area contributed by atoms with E-state index in [9.17, 15) is 4.79 Å². The molecule has 76 valence electrons. The predicted molar refractivity (Wildman–Crippen MR) is 60.9 cm³/mol. The lowest BCUT2D eigenvalue weighted by Gasteiger charge is -2.10. The second kappa shape index (κ2) is 3.91. The molecule has 0 bridgehead atoms. The second-order valence-corrected chi connectivity index (χ2v) is 3.73. The minimum absolute atomic E-state index is 0.603. The van der Waals surface area contributed by atoms with E-state index in [-0.39, 0.29) is 0 Å². The van der Waals surface area contributed by atoms with Crippen LogP contribution in [0.3, 0.4) is 0 Å². The van der Waals surface area contributed by atoms with Crippen LogP contribution in [0.1, 0.15) is 16.1 Å². The average molecular weight is 220 g/mol. The van der Waals surface area contributed by atoms with Crippen LogP contribution < -0.4 is 0 Å². The number of hydrogen-bond acceptors (Lipinski definition) is 1. The molecule has 1 heterocycles. The molecule has 0 radical (unpaired) electrons. The number of benzene rings is 1. The van der Waals surface area contributed by atoms with Crippen molar-refractivity contribution < 1.29 is 4.79 Å². The van der Waals surface area contributed by atoms with Crippen LogP contribution in [-0.2, 0) is 0 Å². The number of carbonyl (C=O) groups excluding carboxylic acids is 1. The van der Waals surface area contributed by atoms with Crippen LogP contribution in [0, 0.1) is 6.92 Å². The molecular formula is C12H10ClNO. The number of para-hydroxylation sites is 1. The van der Waals surface area contributed by atoms with E-state index in [2.05, 4.69) is 0 Å². The molecule has 0 aliphatic carbocycles. The smallest absolute Gasteiger partial charge is 0.166 e. The van der Waals surface area contributed by atoms with Crippen LogP contribution >= 0.6 is 11.6 Å². The Hall–Kier alpha value is -1.54. The van der Waals surface area contributed by atoms with Crippen LogP contribution in [0.5, 0.6) is 0 Å². The zero-order chi connectivity index (χ0) is 10.8. The maximum absolute atomic E-state index is 10.8. The topological polar surface area (TPSA) is 22.0 Å². The van der Waals surface area contributed by atoms with Gasteiger partial charge in [-0.2, -0.15) is 0 Å². The number of aldehydes is 1. The van der Waals surface area contributed by atoms with Gasteiger partial charge >= 0.3 is 0 Å². The molecule has 15 heavy (non-hydrogen) atoms. The molecule has 0 saturated carbocycles. The Labute approximate surface area is 93.1 Å². The molecule has 0 amide bonds. The third-order valence-corrected chi connectivity index (χ3v) is 2.64. The minimum Gasteiger partial charge on any atom is -0.312 e. The van der Waals surface area contributed by atoms with Crippen molar-refractivity contribution in [3.8, 4) is 5.69 Å². The molecule has 2 aromatic rings. The maximum atomic E-state index is 10.8. The van der Waals surface area contributed by atoms with E-state index in [1.54, 1.807) is 10.6 Å². The molecule has 2 rings (SSSR count). The molecular weight excluding hydrogens is 210 g/mol. The fourth-order valence-corrected chi connectivity index (χ4v) is 1.93. The molecule has 2 nitrogen and oxygen atoms in total. The van der Waals surface area contributed by atoms with Crippen molar-refractivity contribution in [1.82, 2.24) is 4.57 Å². The van der Waals surface area contributed by atoms with Gasteiger partial charge in [0.15, 0.2) is 6.29 Å². The Morgan fingerprint density at radius 2 is 2.07 bits per heavy atom. The van der Waals surface area contributed by atoms with E-state index < -0.39 is 0 Å². The lowest BCUT2D eigenvalue weighted by atomic mass is 10.2. The summed E-state index contributed by atoms with van der Waals surface area (Å²) >= 11 is 6.11. The van der Waals surface area contributed by atoms with Gasteiger partial charge in [0, 0.05) is 6.20 Å². The van der Waals surface area contributed by atoms with Crippen molar-refractivity contribution in [2.75, 3.05) is 0 Å². The van der Waals surface area contributed by atoms with Gasteiger partial charge in [0.05, 0.1) is 16.4 Å². The SMILES string of the molecule is Cc1cccc(Cl)c1-n1cccc1C=O. The fraction of sp³-hybridized carbons (Fsp3) is 0.0833. The summed E-state index contributed by atoms with van der Waals surface area (Å²) in [5, 5.41) is 0.648. The van der Waals surface area contributed by atoms with Crippen LogP contribution in [0.15, 0.2) is 36.5 Å². The first-order chi connectivity index (χ1) is 7.24. The van der Waals surface area contributed by atoms with Gasteiger partial charge in [-0.1, -0.05) is 23.7 Å². The molecule has 1 aromatic heterocycles. The van der Waals surface area contributed by atoms with Gasteiger partial charge in [-0.15, -0.1) is 0 Å². The standard InChI is InChI=1S/C12H10ClNO/c1-9-4-2-6-11(13)12(9)14-7-3-5-10(14)8-15/h2-8H,1H3. The summed E-state index contributed by atoms with van der Waals surface area (Å²) in [7, 11) is 0. The first kappa shape index (κ1) is 9.99. The van der Waals surface area contributed by atoms with Gasteiger partial charge in [0.25, 0.3) is 0 Å². The van der Waals surface area contributed by atoms with Crippen LogP contribution in [0.4, 0.5) is 0 Å². The van der Waals surface area contributed by atoms with E-state index in [1.165, 1.54) is 0 Å². The lowest BCUT2D eigenvalue weighted by Crippen LogP contribution is -2.00. The number of hydrogen-bond donors (Lipinski definition) is 0. The van der Waals surface area contributed by atoms with E-state index >= 15 is 0 Å². The summed E-state index contributed by atoms with van der Waals surface area (Å²) in [4.78, 5) is 10.8. The van der Waals surface area contributed by atoms with Crippen molar-refractivity contribution in [3.05, 3.63) is 52.8 Å². The predicted octanol–water partition coefficient (Wildman–Crippen LogP) is 3.25. The van der Waals surface area contributed by atoms with Crippen molar-refractivity contribution in [2.45, 2.75) is 6.92 Å². The summed E-state index contributed by atoms with van der Waals surface area (Å²) < 4.78 is 1.80. The molecule has 0 fully saturated rings. The Morgan fingerprint density at radius 3 is 2.73 bits per heavy atom. The highest BCUT2D eigenvalue weighted by atomic mass is 35.5. The van der Waals surface area contributed by atoms with Gasteiger partial charge in [0.1, 0.15) is 0 Å². The Morgan fingerprint density at radius 1 is 1.27 bits per heavy atom. The molecule has 0 unspecified atom stereocenters. The number of aryl methyl sites for hydroxylation is 1. The molecule has 0 atom stereocenters. The van der Waals surface area contributed by atoms with E-state index in [1.807, 2.05) is 37.4 Å². The second-order valence-electron chi connectivity index (χ2n) is 3.33. The highest BCUT2D eigenvalue weighted by Gasteiger charge is 2.08. The molecule has 1 aromatic carbocycles. The number of nitrogens with zero attached hydrogens (tertiary/aromatic N) is 1. The summed E-state index contributed by atoms with van der Waals surface area (Å²) in [5.74, 6) is 0. The van der Waals surface area contributed by atoms with E-state index in [0.29, 0.717) is 10.7 Å². The Balaban J connectivity index is 2.68. The van der Waals surface area contributed by atoms with Gasteiger partial charge < -0.3 is 4.57 Å². The van der Waals surface area contributed by atoms with Crippen molar-refractivity contribution in [1.29, 1.82) is 0 Å². The number of aromatic nitrogens is 1. The van der Waals surface area contributed by atoms with Crippen LogP contribution in [0.25, 0.3) is 5.69 Å². The normalized spacial score (nSPS) is 10.3. The van der Waals surface area contributed by atoms with E-state index in [0.717, 1.165) is 17.5 Å². The number of halogens is 1. The summed E-state index contributed by atoms with van der Waals surface area (Å²) in [6, 6.07) is 9.27. The first-order valence-corrected chi connectivity index (χ1v) is 5.00. The van der Waals surface area contributed by atoms with Crippen LogP contribution in [0.2, 0.25) is 5.02 Å². The fourth-order valence-electron chi connectivity index (χ4n) is 1.62. The van der Waals surface area contributed by atoms with Gasteiger partial charge in [-0.25, -0.2) is 0 Å². The zero-order valence-electron chi connectivity index (χ0n) is 8.27. The largest absolute Gasteiger partial charge is 0.312 e. The third kappa shape index (κ3) is 1.68. The zero-order valence-corrected chi connectivity index (χ0v) is 9.03. The van der Waals surface area contributed by atoms with Gasteiger partial charge in [-0.05, 0) is 30.7 Å². The Kier molecular flexibility index (Phi) is 2.60. The molecule has 0 saturated heterocycles. The summed E-state index contributed by atoms with van der Waals surface area (Å²) in [6.07, 6.45) is 2.65. The lowest BCUT2D eigenvalue weighted by molar-refractivity contribution is 0.111. The maximum Gasteiger partial charge on any atom is 0.166 e. The first-order valence-electron chi connectivity index (χ1n) is 4.62. The summed E-state index contributed by atoms with van der Waals surface area (Å²) in [6.45, 7) is 1.97. The van der Waals surface area contributed by atoms with Crippen molar-refractivity contribution in [3.63, 3.8) is 0 Å². The van der Waals surface area contributed by atoms with Gasteiger partial charge in [-0.3, -0.25) is 4.79 Å². The Bertz CT molecular complexity index is 482. The highest BCUT2D eigenvalue weighted by Crippen LogP contribution is 2.25. The van der Waals surface area contributed by atoms with E-state index in [4.69, 9.17) is 11.6 Å². The third-order valence-electron chi connectivity index (χ3n) is 2.33. The summed E-state index contributed by atoms with van der Waals surface area (Å²) in [5.41, 5.74) is 2.51. The van der Waals surface area contributed by atoms with Crippen LogP contribution in [-0.4, -0.2) is 10.9 Å². The molecule has 0 aliphatic rings. The van der Waals surface area contributed by atoms with Gasteiger partial charge in [0.2, 0.25) is 0 Å². The molecule has 0 aliphatic heterocycles. The average Bonchev–Trinajstić information content (AvgIpc) is 2.65. The minimum atomic E-state index is 0.603. The highest BCUT2D eigenvalue weighted by molar-refractivity contribution is 6.32. The molecule has 0 spiro atoms. The van der Waals surface area contributed by atoms with Crippen molar-refractivity contribution in [2.24, 2.45) is 0 Å². The number of carbonyl (C=O) groups is 1. The van der Waals surface area contributed by atoms with Crippen molar-refractivity contribution >= 4 is 17.9 Å². The molecule has 3 heteroatoms. The monoisotopic (exact) mass is 219 g/mol. The number of rotatable bonds is 2. The quantitative estimate of drug-likeness (QED) is 0.711.